The molecule has 3 N–H and O–H groups in total. The van der Waals surface area contributed by atoms with Gasteiger partial charge in [-0.05, 0) is 77.9 Å². The zero-order chi connectivity index (χ0) is 25.2. The smallest absolute Gasteiger partial charge is 0.323 e. The number of nitrogens with one attached hydrogen (secondary N) is 3. The minimum Gasteiger partial charge on any atom is -0.368 e. The fraction of sp³-hybridized carbons (Fsp3) is 0.462. The first-order valence-corrected chi connectivity index (χ1v) is 12.2. The molecule has 2 amide bonds. The lowest BCUT2D eigenvalue weighted by atomic mass is 10.1. The molecule has 1 saturated heterocycles. The summed E-state index contributed by atoms with van der Waals surface area (Å²) < 4.78 is 0. The van der Waals surface area contributed by atoms with Gasteiger partial charge in [0.15, 0.2) is 5.65 Å². The summed E-state index contributed by atoms with van der Waals surface area (Å²) in [7, 11) is 0. The van der Waals surface area contributed by atoms with Crippen LogP contribution in [0.15, 0.2) is 42.6 Å². The third-order valence-electron chi connectivity index (χ3n) is 5.79. The van der Waals surface area contributed by atoms with Gasteiger partial charge in [-0.2, -0.15) is 4.98 Å². The van der Waals surface area contributed by atoms with Gasteiger partial charge in [0.2, 0.25) is 5.95 Å². The van der Waals surface area contributed by atoms with Crippen molar-refractivity contribution in [1.29, 1.82) is 0 Å². The molecule has 1 aliphatic heterocycles. The number of anilines is 4. The Morgan fingerprint density at radius 3 is 2.40 bits per heavy atom. The lowest BCUT2D eigenvalue weighted by Gasteiger charge is -2.37. The molecule has 0 radical (unpaired) electrons. The number of hydrogen-bond acceptors (Lipinski definition) is 7. The van der Waals surface area contributed by atoms with Gasteiger partial charge in [0.05, 0.1) is 0 Å². The van der Waals surface area contributed by atoms with Crippen molar-refractivity contribution in [2.75, 3.05) is 34.8 Å². The van der Waals surface area contributed by atoms with E-state index in [1.54, 1.807) is 11.1 Å². The molecular weight excluding hydrogens is 440 g/mol. The van der Waals surface area contributed by atoms with Gasteiger partial charge in [0.25, 0.3) is 0 Å². The van der Waals surface area contributed by atoms with Gasteiger partial charge in [-0.25, -0.2) is 14.8 Å². The van der Waals surface area contributed by atoms with Crippen LogP contribution in [0, 0.1) is 0 Å². The molecule has 2 atom stereocenters. The van der Waals surface area contributed by atoms with Crippen molar-refractivity contribution in [1.82, 2.24) is 25.6 Å². The van der Waals surface area contributed by atoms with E-state index < -0.39 is 0 Å². The van der Waals surface area contributed by atoms with Crippen LogP contribution in [0.3, 0.4) is 0 Å². The van der Waals surface area contributed by atoms with E-state index >= 15 is 0 Å². The van der Waals surface area contributed by atoms with Crippen LogP contribution >= 0.6 is 0 Å². The minimum atomic E-state index is -0.336. The summed E-state index contributed by atoms with van der Waals surface area (Å²) in [6.07, 6.45) is 1.74. The summed E-state index contributed by atoms with van der Waals surface area (Å²) in [6.45, 7) is 14.7. The quantitative estimate of drug-likeness (QED) is 0.505. The van der Waals surface area contributed by atoms with Crippen LogP contribution in [0.1, 0.15) is 41.5 Å². The van der Waals surface area contributed by atoms with E-state index in [0.717, 1.165) is 24.2 Å². The monoisotopic (exact) mass is 476 g/mol. The molecule has 0 bridgehead atoms. The molecule has 186 valence electrons. The van der Waals surface area contributed by atoms with E-state index in [0.29, 0.717) is 36.0 Å². The van der Waals surface area contributed by atoms with Gasteiger partial charge >= 0.3 is 6.03 Å². The van der Waals surface area contributed by atoms with E-state index in [9.17, 15) is 4.79 Å². The summed E-state index contributed by atoms with van der Waals surface area (Å²) in [5, 5.41) is 10.6. The molecule has 4 rings (SSSR count). The summed E-state index contributed by atoms with van der Waals surface area (Å²) >= 11 is 0. The Morgan fingerprint density at radius 2 is 1.77 bits per heavy atom. The number of hydrogen-bond donors (Lipinski definition) is 3. The number of rotatable bonds is 5. The molecular formula is C26H36N8O. The van der Waals surface area contributed by atoms with Crippen LogP contribution in [-0.4, -0.2) is 58.2 Å². The molecule has 35 heavy (non-hydrogen) atoms. The second-order valence-electron chi connectivity index (χ2n) is 10.2. The van der Waals surface area contributed by atoms with Crippen LogP contribution in [0.5, 0.6) is 0 Å². The number of piperazine rings is 1. The molecule has 0 saturated carbocycles. The molecule has 3 aromatic rings. The van der Waals surface area contributed by atoms with Crippen molar-refractivity contribution < 1.29 is 4.79 Å². The highest BCUT2D eigenvalue weighted by Gasteiger charge is 2.22. The summed E-state index contributed by atoms with van der Waals surface area (Å²) in [5.41, 5.74) is 2.30. The van der Waals surface area contributed by atoms with E-state index in [1.807, 2.05) is 52.0 Å². The number of aromatic nitrogens is 3. The third-order valence-corrected chi connectivity index (χ3v) is 5.79. The fourth-order valence-corrected chi connectivity index (χ4v) is 4.33. The number of carbonyl (C=O) groups is 1. The van der Waals surface area contributed by atoms with Crippen LogP contribution in [-0.2, 0) is 0 Å². The number of fused-ring (bicyclic) bond motifs is 1. The average Bonchev–Trinajstić information content (AvgIpc) is 2.78. The van der Waals surface area contributed by atoms with Gasteiger partial charge < -0.3 is 20.9 Å². The van der Waals surface area contributed by atoms with Crippen molar-refractivity contribution in [3.05, 3.63) is 42.6 Å². The Bertz CT molecular complexity index is 1160. The van der Waals surface area contributed by atoms with Crippen molar-refractivity contribution in [3.8, 4) is 0 Å². The van der Waals surface area contributed by atoms with Gasteiger partial charge in [-0.3, -0.25) is 4.90 Å². The van der Waals surface area contributed by atoms with Gasteiger partial charge in [-0.1, -0.05) is 0 Å². The standard InChI is InChI=1S/C26H36N8O/c1-7-34(25(35)32-26(4,5)6)22-13-8-19-14-27-24(31-23(19)30-22)29-20-9-11-21(12-10-20)33-15-17(2)28-18(3)16-33/h8-14,17-18,28H,7,15-16H2,1-6H3,(H,32,35)(H,27,29,30,31)/t17-,18+. The molecule has 3 heterocycles. The first kappa shape index (κ1) is 24.7. The van der Waals surface area contributed by atoms with E-state index in [2.05, 4.69) is 61.8 Å². The normalized spacial score (nSPS) is 18.4. The highest BCUT2D eigenvalue weighted by Crippen LogP contribution is 2.23. The van der Waals surface area contributed by atoms with Crippen molar-refractivity contribution >= 4 is 40.2 Å². The predicted octanol–water partition coefficient (Wildman–Crippen LogP) is 4.29. The second-order valence-corrected chi connectivity index (χ2v) is 10.2. The first-order valence-electron chi connectivity index (χ1n) is 12.2. The molecule has 1 fully saturated rings. The van der Waals surface area contributed by atoms with E-state index in [-0.39, 0.29) is 11.6 Å². The zero-order valence-electron chi connectivity index (χ0n) is 21.5. The van der Waals surface area contributed by atoms with E-state index in [1.165, 1.54) is 5.69 Å². The Labute approximate surface area is 207 Å². The number of nitrogens with zero attached hydrogens (tertiary/aromatic N) is 5. The number of carbonyl (C=O) groups excluding carboxylic acids is 1. The maximum atomic E-state index is 12.7. The molecule has 0 spiro atoms. The fourth-order valence-electron chi connectivity index (χ4n) is 4.33. The summed E-state index contributed by atoms with van der Waals surface area (Å²) in [4.78, 5) is 30.4. The molecule has 2 aromatic heterocycles. The Balaban J connectivity index is 1.50. The molecule has 0 aliphatic carbocycles. The Hall–Kier alpha value is -3.46. The Morgan fingerprint density at radius 1 is 1.09 bits per heavy atom. The predicted molar refractivity (Wildman–Crippen MR) is 143 cm³/mol. The minimum absolute atomic E-state index is 0.187. The molecule has 1 aliphatic rings. The molecule has 9 nitrogen and oxygen atoms in total. The van der Waals surface area contributed by atoms with Crippen molar-refractivity contribution in [2.24, 2.45) is 0 Å². The zero-order valence-corrected chi connectivity index (χ0v) is 21.5. The topological polar surface area (TPSA) is 98.3 Å². The number of amides is 2. The lowest BCUT2D eigenvalue weighted by molar-refractivity contribution is 0.238. The van der Waals surface area contributed by atoms with Gasteiger partial charge in [0.1, 0.15) is 5.82 Å². The van der Waals surface area contributed by atoms with Crippen LogP contribution < -0.4 is 25.8 Å². The third kappa shape index (κ3) is 6.16. The molecule has 1 aromatic carbocycles. The van der Waals surface area contributed by atoms with Crippen LogP contribution in [0.2, 0.25) is 0 Å². The van der Waals surface area contributed by atoms with Gasteiger partial charge in [0, 0.05) is 60.2 Å². The summed E-state index contributed by atoms with van der Waals surface area (Å²) in [5.74, 6) is 1.01. The highest BCUT2D eigenvalue weighted by atomic mass is 16.2. The van der Waals surface area contributed by atoms with Crippen molar-refractivity contribution in [2.45, 2.75) is 59.2 Å². The summed E-state index contributed by atoms with van der Waals surface area (Å²) in [6, 6.07) is 12.8. The number of pyridine rings is 1. The van der Waals surface area contributed by atoms with E-state index in [4.69, 9.17) is 0 Å². The number of urea groups is 1. The SMILES string of the molecule is CCN(C(=O)NC(C)(C)C)c1ccc2cnc(Nc3ccc(N4C[C@@H](C)N[C@@H](C)C4)cc3)nc2n1. The van der Waals surface area contributed by atoms with Crippen molar-refractivity contribution in [3.63, 3.8) is 0 Å². The lowest BCUT2D eigenvalue weighted by Crippen LogP contribution is -2.54. The maximum absolute atomic E-state index is 12.7. The number of benzene rings is 1. The maximum Gasteiger partial charge on any atom is 0.323 e. The van der Waals surface area contributed by atoms with Crippen LogP contribution in [0.4, 0.5) is 27.9 Å². The molecule has 9 heteroatoms. The highest BCUT2D eigenvalue weighted by molar-refractivity contribution is 5.92. The largest absolute Gasteiger partial charge is 0.368 e. The van der Waals surface area contributed by atoms with Gasteiger partial charge in [-0.15, -0.1) is 0 Å². The van der Waals surface area contributed by atoms with Crippen LogP contribution in [0.25, 0.3) is 11.0 Å². The first-order chi connectivity index (χ1) is 16.6. The average molecular weight is 477 g/mol. The second kappa shape index (κ2) is 10.0. The molecule has 0 unspecified atom stereocenters. The Kier molecular flexibility index (Phi) is 7.07.